The van der Waals surface area contributed by atoms with Gasteiger partial charge < -0.3 is 9.47 Å². The highest BCUT2D eigenvalue weighted by Crippen LogP contribution is 2.45. The monoisotopic (exact) mass is 706 g/mol. The summed E-state index contributed by atoms with van der Waals surface area (Å²) in [5.74, 6) is 0.465. The van der Waals surface area contributed by atoms with Crippen LogP contribution in [0.5, 0.6) is 0 Å². The van der Waals surface area contributed by atoms with Crippen LogP contribution in [0.4, 0.5) is 17.1 Å². The number of benzene rings is 8. The van der Waals surface area contributed by atoms with E-state index in [1.807, 2.05) is 0 Å². The van der Waals surface area contributed by atoms with Crippen molar-refractivity contribution in [1.29, 1.82) is 0 Å². The van der Waals surface area contributed by atoms with Crippen molar-refractivity contribution in [2.24, 2.45) is 5.92 Å². The molecule has 0 aliphatic heterocycles. The van der Waals surface area contributed by atoms with E-state index in [4.69, 9.17) is 0 Å². The Bertz CT molecular complexity index is 2870. The Balaban J connectivity index is 1.13. The van der Waals surface area contributed by atoms with Gasteiger partial charge in [0.1, 0.15) is 0 Å². The Kier molecular flexibility index (Phi) is 7.99. The van der Waals surface area contributed by atoms with Gasteiger partial charge in [-0.3, -0.25) is 0 Å². The molecule has 0 radical (unpaired) electrons. The second-order valence-electron chi connectivity index (χ2n) is 15.2. The van der Waals surface area contributed by atoms with Gasteiger partial charge in [-0.2, -0.15) is 0 Å². The van der Waals surface area contributed by atoms with Crippen molar-refractivity contribution in [2.75, 3.05) is 4.90 Å². The number of hydrogen-bond acceptors (Lipinski definition) is 1. The first kappa shape index (κ1) is 33.0. The normalized spacial score (nSPS) is 13.8. The van der Waals surface area contributed by atoms with Gasteiger partial charge in [0.05, 0.1) is 5.52 Å². The highest BCUT2D eigenvalue weighted by Gasteiger charge is 2.24. The van der Waals surface area contributed by atoms with E-state index in [2.05, 4.69) is 212 Å². The summed E-state index contributed by atoms with van der Waals surface area (Å²) < 4.78 is 2.51. The second kappa shape index (κ2) is 13.3. The first-order chi connectivity index (χ1) is 27.0. The van der Waals surface area contributed by atoms with Crippen molar-refractivity contribution in [3.8, 4) is 27.9 Å². The third kappa shape index (κ3) is 5.65. The van der Waals surface area contributed by atoms with Crippen LogP contribution in [0.1, 0.15) is 29.3 Å². The number of anilines is 3. The molecule has 264 valence electrons. The summed E-state index contributed by atoms with van der Waals surface area (Å²) in [6, 6.07) is 62.6. The van der Waals surface area contributed by atoms with E-state index in [-0.39, 0.29) is 0 Å². The molecule has 0 amide bonds. The van der Waals surface area contributed by atoms with Crippen molar-refractivity contribution >= 4 is 55.6 Å². The van der Waals surface area contributed by atoms with Gasteiger partial charge in [0, 0.05) is 39.4 Å². The minimum Gasteiger partial charge on any atom is -0.313 e. The average molecular weight is 707 g/mol. The van der Waals surface area contributed by atoms with Crippen LogP contribution in [0, 0.1) is 19.8 Å². The van der Waals surface area contributed by atoms with Crippen molar-refractivity contribution in [2.45, 2.75) is 27.2 Å². The molecular weight excluding hydrogens is 665 g/mol. The fourth-order valence-electron chi connectivity index (χ4n) is 8.93. The lowest BCUT2D eigenvalue weighted by atomic mass is 9.86. The molecule has 8 aromatic carbocycles. The maximum Gasteiger partial charge on any atom is 0.0539 e. The summed E-state index contributed by atoms with van der Waals surface area (Å²) in [6.07, 6.45) is 5.72. The Morgan fingerprint density at radius 2 is 1.07 bits per heavy atom. The Labute approximate surface area is 323 Å². The SMILES string of the molecule is Cc1cccc(-c2c3ccccc3c(-c3ccc(-n4c5c(c6cc(N(c7ccccc7)c7cccc(C)c7)ccc64)C=CC(C)C5)cc3)c3ccccc23)c1. The molecule has 1 aliphatic rings. The van der Waals surface area contributed by atoms with Gasteiger partial charge in [0.15, 0.2) is 0 Å². The van der Waals surface area contributed by atoms with E-state index in [1.165, 1.54) is 82.8 Å². The Hall–Kier alpha value is -6.64. The van der Waals surface area contributed by atoms with Crippen LogP contribution < -0.4 is 4.90 Å². The number of hydrogen-bond donors (Lipinski definition) is 0. The van der Waals surface area contributed by atoms with E-state index in [0.717, 1.165) is 23.5 Å². The number of allylic oxidation sites excluding steroid dienone is 1. The predicted octanol–water partition coefficient (Wildman–Crippen LogP) is 14.6. The first-order valence-electron chi connectivity index (χ1n) is 19.4. The summed E-state index contributed by atoms with van der Waals surface area (Å²) in [5, 5.41) is 6.39. The molecular formula is C53H42N2. The number of fused-ring (bicyclic) bond motifs is 5. The highest BCUT2D eigenvalue weighted by atomic mass is 15.1. The van der Waals surface area contributed by atoms with Crippen LogP contribution in [0.25, 0.3) is 66.5 Å². The van der Waals surface area contributed by atoms with Crippen LogP contribution in [-0.4, -0.2) is 4.57 Å². The lowest BCUT2D eigenvalue weighted by Gasteiger charge is -2.26. The summed E-state index contributed by atoms with van der Waals surface area (Å²) in [5.41, 5.74) is 16.2. The van der Waals surface area contributed by atoms with Crippen molar-refractivity contribution in [1.82, 2.24) is 4.57 Å². The molecule has 0 saturated carbocycles. The minimum atomic E-state index is 0.465. The lowest BCUT2D eigenvalue weighted by molar-refractivity contribution is 0.690. The summed E-state index contributed by atoms with van der Waals surface area (Å²) in [4.78, 5) is 2.37. The summed E-state index contributed by atoms with van der Waals surface area (Å²) >= 11 is 0. The summed E-state index contributed by atoms with van der Waals surface area (Å²) in [7, 11) is 0. The number of nitrogens with zero attached hydrogens (tertiary/aromatic N) is 2. The Morgan fingerprint density at radius 1 is 0.491 bits per heavy atom. The van der Waals surface area contributed by atoms with Crippen molar-refractivity contribution in [3.63, 3.8) is 0 Å². The van der Waals surface area contributed by atoms with E-state index >= 15 is 0 Å². The largest absolute Gasteiger partial charge is 0.313 e. The van der Waals surface area contributed by atoms with Gasteiger partial charge in [-0.25, -0.2) is 0 Å². The molecule has 0 spiro atoms. The molecule has 1 heterocycles. The standard InChI is InChI=1S/C53H42N2/c1-35-13-11-15-39(31-35)53-47-21-9-7-19-45(47)52(46-20-8-10-22-48(46)53)38-24-26-41(27-25-38)55-50-30-28-43(34-49(50)44-29-23-37(3)33-51(44)55)54(40-16-5-4-6-17-40)42-18-12-14-36(2)32-42/h4-32,34,37H,33H2,1-3H3. The van der Waals surface area contributed by atoms with Crippen LogP contribution in [0.2, 0.25) is 0 Å². The number of para-hydroxylation sites is 1. The molecule has 55 heavy (non-hydrogen) atoms. The molecule has 2 nitrogen and oxygen atoms in total. The molecule has 10 rings (SSSR count). The third-order valence-corrected chi connectivity index (χ3v) is 11.4. The quantitative estimate of drug-likeness (QED) is 0.156. The zero-order valence-corrected chi connectivity index (χ0v) is 31.5. The van der Waals surface area contributed by atoms with Gasteiger partial charge >= 0.3 is 0 Å². The number of aryl methyl sites for hydroxylation is 2. The third-order valence-electron chi connectivity index (χ3n) is 11.4. The van der Waals surface area contributed by atoms with Crippen molar-refractivity contribution < 1.29 is 0 Å². The van der Waals surface area contributed by atoms with E-state index in [0.29, 0.717) is 5.92 Å². The van der Waals surface area contributed by atoms with Crippen LogP contribution >= 0.6 is 0 Å². The highest BCUT2D eigenvalue weighted by molar-refractivity contribution is 6.21. The molecule has 0 bridgehead atoms. The minimum absolute atomic E-state index is 0.465. The van der Waals surface area contributed by atoms with E-state index in [1.54, 1.807) is 0 Å². The second-order valence-corrected chi connectivity index (χ2v) is 15.2. The molecule has 1 aliphatic carbocycles. The fraction of sp³-hybridized carbons (Fsp3) is 0.0943. The maximum atomic E-state index is 2.51. The van der Waals surface area contributed by atoms with Gasteiger partial charge in [-0.05, 0) is 130 Å². The molecule has 1 unspecified atom stereocenters. The van der Waals surface area contributed by atoms with Crippen LogP contribution in [-0.2, 0) is 6.42 Å². The lowest BCUT2D eigenvalue weighted by Crippen LogP contribution is -2.10. The van der Waals surface area contributed by atoms with Crippen LogP contribution in [0.3, 0.4) is 0 Å². The average Bonchev–Trinajstić information content (AvgIpc) is 3.53. The maximum absolute atomic E-state index is 2.51. The van der Waals surface area contributed by atoms with Gasteiger partial charge in [0.25, 0.3) is 0 Å². The zero-order chi connectivity index (χ0) is 37.0. The fourth-order valence-corrected chi connectivity index (χ4v) is 8.93. The molecule has 1 atom stereocenters. The van der Waals surface area contributed by atoms with Gasteiger partial charge in [-0.1, -0.05) is 140 Å². The summed E-state index contributed by atoms with van der Waals surface area (Å²) in [6.45, 7) is 6.66. The molecule has 0 saturated heterocycles. The predicted molar refractivity (Wildman–Crippen MR) is 235 cm³/mol. The smallest absolute Gasteiger partial charge is 0.0539 e. The molecule has 1 aromatic heterocycles. The zero-order valence-electron chi connectivity index (χ0n) is 31.5. The Morgan fingerprint density at radius 3 is 1.73 bits per heavy atom. The van der Waals surface area contributed by atoms with Crippen molar-refractivity contribution in [3.05, 3.63) is 198 Å². The van der Waals surface area contributed by atoms with Gasteiger partial charge in [-0.15, -0.1) is 0 Å². The number of rotatable bonds is 6. The first-order valence-corrected chi connectivity index (χ1v) is 19.4. The molecule has 0 N–H and O–H groups in total. The topological polar surface area (TPSA) is 8.17 Å². The molecule has 0 fully saturated rings. The van der Waals surface area contributed by atoms with E-state index < -0.39 is 0 Å². The van der Waals surface area contributed by atoms with Crippen LogP contribution in [0.15, 0.2) is 176 Å². The van der Waals surface area contributed by atoms with E-state index in [9.17, 15) is 0 Å². The van der Waals surface area contributed by atoms with Gasteiger partial charge in [0.2, 0.25) is 0 Å². The number of aromatic nitrogens is 1. The molecule has 2 heteroatoms. The molecule has 9 aromatic rings.